The molecule has 13 heavy (non-hydrogen) atoms. The number of anilines is 1. The summed E-state index contributed by atoms with van der Waals surface area (Å²) in [4.78, 5) is 0. The van der Waals surface area contributed by atoms with E-state index >= 15 is 0 Å². The molecule has 0 spiro atoms. The van der Waals surface area contributed by atoms with Crippen LogP contribution in [0.25, 0.3) is 0 Å². The van der Waals surface area contributed by atoms with Crippen LogP contribution in [0, 0.1) is 11.6 Å². The van der Waals surface area contributed by atoms with Crippen LogP contribution in [0.15, 0.2) is 18.2 Å². The van der Waals surface area contributed by atoms with Gasteiger partial charge >= 0.3 is 0 Å². The average Bonchev–Trinajstić information content (AvgIpc) is 2.13. The van der Waals surface area contributed by atoms with E-state index in [1.807, 2.05) is 0 Å². The number of nitrogens with one attached hydrogen (secondary N) is 1. The highest BCUT2D eigenvalue weighted by Crippen LogP contribution is 2.16. The van der Waals surface area contributed by atoms with Gasteiger partial charge in [-0.15, -0.1) is 0 Å². The van der Waals surface area contributed by atoms with E-state index in [9.17, 15) is 8.78 Å². The molecule has 72 valence electrons. The number of benzene rings is 1. The summed E-state index contributed by atoms with van der Waals surface area (Å²) in [5.41, 5.74) is 5.48. The maximum Gasteiger partial charge on any atom is 0.181 e. The highest BCUT2D eigenvalue weighted by molar-refractivity contribution is 5.45. The molecule has 1 aromatic rings. The molecule has 3 N–H and O–H groups in total. The van der Waals surface area contributed by atoms with Gasteiger partial charge in [0.15, 0.2) is 11.6 Å². The molecule has 2 nitrogen and oxygen atoms in total. The predicted octanol–water partition coefficient (Wildman–Crippen LogP) is 1.72. The Morgan fingerprint density at radius 2 is 2.15 bits per heavy atom. The largest absolute Gasteiger partial charge is 0.379 e. The minimum absolute atomic E-state index is 0.0729. The Morgan fingerprint density at radius 1 is 1.46 bits per heavy atom. The number of hydrogen-bond donors (Lipinski definition) is 2. The van der Waals surface area contributed by atoms with Crippen molar-refractivity contribution in [3.8, 4) is 0 Å². The lowest BCUT2D eigenvalue weighted by molar-refractivity contribution is 0.510. The van der Waals surface area contributed by atoms with Crippen molar-refractivity contribution in [1.29, 1.82) is 0 Å². The maximum atomic E-state index is 13.0. The molecule has 0 aliphatic heterocycles. The molecule has 1 atom stereocenters. The van der Waals surface area contributed by atoms with Gasteiger partial charge in [0.1, 0.15) is 0 Å². The molecule has 0 radical (unpaired) electrons. The number of halogens is 2. The van der Waals surface area contributed by atoms with E-state index in [4.69, 9.17) is 5.73 Å². The Morgan fingerprint density at radius 3 is 2.77 bits per heavy atom. The minimum atomic E-state index is -0.859. The van der Waals surface area contributed by atoms with Gasteiger partial charge in [-0.2, -0.15) is 0 Å². The molecule has 1 aromatic carbocycles. The molecule has 0 fully saturated rings. The molecule has 1 rings (SSSR count). The Kier molecular flexibility index (Phi) is 3.19. The molecule has 0 aliphatic rings. The van der Waals surface area contributed by atoms with Crippen LogP contribution in [-0.4, -0.2) is 12.6 Å². The second-order valence-electron chi connectivity index (χ2n) is 2.88. The summed E-state index contributed by atoms with van der Waals surface area (Å²) in [6.07, 6.45) is 0. The summed E-state index contributed by atoms with van der Waals surface area (Å²) < 4.78 is 25.7. The van der Waals surface area contributed by atoms with Gasteiger partial charge in [0, 0.05) is 12.6 Å². The molecule has 0 aliphatic carbocycles. The molecule has 0 saturated carbocycles. The molecule has 0 amide bonds. The van der Waals surface area contributed by atoms with Crippen LogP contribution in [0.2, 0.25) is 0 Å². The lowest BCUT2D eigenvalue weighted by atomic mass is 10.2. The van der Waals surface area contributed by atoms with Crippen molar-refractivity contribution < 1.29 is 8.78 Å². The molecular weight excluding hydrogens is 174 g/mol. The summed E-state index contributed by atoms with van der Waals surface area (Å²) in [6, 6.07) is 3.93. The zero-order valence-electron chi connectivity index (χ0n) is 7.35. The van der Waals surface area contributed by atoms with E-state index < -0.39 is 11.6 Å². The molecule has 0 saturated heterocycles. The quantitative estimate of drug-likeness (QED) is 0.754. The summed E-state index contributed by atoms with van der Waals surface area (Å²) >= 11 is 0. The first-order chi connectivity index (χ1) is 6.15. The van der Waals surface area contributed by atoms with Crippen LogP contribution in [0.3, 0.4) is 0 Å². The van der Waals surface area contributed by atoms with Crippen LogP contribution in [0.5, 0.6) is 0 Å². The Bertz CT molecular complexity index is 289. The fraction of sp³-hybridized carbons (Fsp3) is 0.333. The van der Waals surface area contributed by atoms with Gasteiger partial charge < -0.3 is 11.1 Å². The summed E-state index contributed by atoms with van der Waals surface area (Å²) in [7, 11) is 0. The van der Waals surface area contributed by atoms with Gasteiger partial charge in [-0.3, -0.25) is 0 Å². The highest BCUT2D eigenvalue weighted by atomic mass is 19.2. The van der Waals surface area contributed by atoms with E-state index in [-0.39, 0.29) is 11.7 Å². The van der Waals surface area contributed by atoms with Gasteiger partial charge in [0.05, 0.1) is 5.69 Å². The smallest absolute Gasteiger partial charge is 0.181 e. The third-order valence-electron chi connectivity index (χ3n) is 1.71. The molecule has 0 bridgehead atoms. The van der Waals surface area contributed by atoms with Gasteiger partial charge in [-0.25, -0.2) is 8.78 Å². The van der Waals surface area contributed by atoms with Crippen molar-refractivity contribution in [2.45, 2.75) is 13.0 Å². The van der Waals surface area contributed by atoms with Crippen LogP contribution >= 0.6 is 0 Å². The average molecular weight is 186 g/mol. The zero-order chi connectivity index (χ0) is 9.84. The van der Waals surface area contributed by atoms with E-state index in [2.05, 4.69) is 5.32 Å². The normalized spacial score (nSPS) is 12.6. The number of nitrogens with two attached hydrogens (primary N) is 1. The van der Waals surface area contributed by atoms with Crippen molar-refractivity contribution in [3.63, 3.8) is 0 Å². The molecule has 1 unspecified atom stereocenters. The van der Waals surface area contributed by atoms with Crippen molar-refractivity contribution in [3.05, 3.63) is 29.8 Å². The third-order valence-corrected chi connectivity index (χ3v) is 1.71. The first kappa shape index (κ1) is 9.92. The van der Waals surface area contributed by atoms with Gasteiger partial charge in [0.25, 0.3) is 0 Å². The molecular formula is C9H12F2N2. The maximum absolute atomic E-state index is 13.0. The summed E-state index contributed by atoms with van der Waals surface area (Å²) in [5, 5.41) is 2.76. The minimum Gasteiger partial charge on any atom is -0.379 e. The van der Waals surface area contributed by atoms with Gasteiger partial charge in [-0.05, 0) is 19.1 Å². The fourth-order valence-corrected chi connectivity index (χ4v) is 0.940. The zero-order valence-corrected chi connectivity index (χ0v) is 7.35. The Hall–Kier alpha value is -1.16. The monoisotopic (exact) mass is 186 g/mol. The third kappa shape index (κ3) is 2.39. The Balaban J connectivity index is 2.83. The lowest BCUT2D eigenvalue weighted by Crippen LogP contribution is -2.25. The number of rotatable bonds is 3. The van der Waals surface area contributed by atoms with Crippen molar-refractivity contribution in [1.82, 2.24) is 0 Å². The van der Waals surface area contributed by atoms with Gasteiger partial charge in [-0.1, -0.05) is 6.07 Å². The second-order valence-corrected chi connectivity index (χ2v) is 2.88. The standard InChI is InChI=1S/C9H12F2N2/c1-6(5-12)13-8-4-2-3-7(10)9(8)11/h2-4,6,13H,5,12H2,1H3. The molecule has 0 heterocycles. The van der Waals surface area contributed by atoms with Crippen molar-refractivity contribution in [2.24, 2.45) is 5.73 Å². The molecule has 0 aromatic heterocycles. The van der Waals surface area contributed by atoms with Crippen LogP contribution < -0.4 is 11.1 Å². The topological polar surface area (TPSA) is 38.0 Å². The van der Waals surface area contributed by atoms with E-state index in [0.29, 0.717) is 6.54 Å². The van der Waals surface area contributed by atoms with Crippen molar-refractivity contribution >= 4 is 5.69 Å². The summed E-state index contributed by atoms with van der Waals surface area (Å²) in [6.45, 7) is 2.17. The first-order valence-corrected chi connectivity index (χ1v) is 4.05. The van der Waals surface area contributed by atoms with E-state index in [1.165, 1.54) is 12.1 Å². The van der Waals surface area contributed by atoms with E-state index in [0.717, 1.165) is 6.07 Å². The van der Waals surface area contributed by atoms with Crippen molar-refractivity contribution in [2.75, 3.05) is 11.9 Å². The SMILES string of the molecule is CC(CN)Nc1cccc(F)c1F. The molecule has 4 heteroatoms. The number of hydrogen-bond acceptors (Lipinski definition) is 2. The Labute approximate surface area is 75.7 Å². The lowest BCUT2D eigenvalue weighted by Gasteiger charge is -2.13. The van der Waals surface area contributed by atoms with Crippen LogP contribution in [-0.2, 0) is 0 Å². The fourth-order valence-electron chi connectivity index (χ4n) is 0.940. The first-order valence-electron chi connectivity index (χ1n) is 4.05. The highest BCUT2D eigenvalue weighted by Gasteiger charge is 2.08. The van der Waals surface area contributed by atoms with Crippen LogP contribution in [0.4, 0.5) is 14.5 Å². The second kappa shape index (κ2) is 4.18. The van der Waals surface area contributed by atoms with Gasteiger partial charge in [0.2, 0.25) is 0 Å². The van der Waals surface area contributed by atoms with Crippen LogP contribution in [0.1, 0.15) is 6.92 Å². The predicted molar refractivity (Wildman–Crippen MR) is 48.5 cm³/mol. The van der Waals surface area contributed by atoms with E-state index in [1.54, 1.807) is 6.92 Å². The summed E-state index contributed by atoms with van der Waals surface area (Å²) in [5.74, 6) is -1.71.